The molecule has 154 valence electrons. The quantitative estimate of drug-likeness (QED) is 0.531. The first-order chi connectivity index (χ1) is 13.7. The van der Waals surface area contributed by atoms with Crippen molar-refractivity contribution < 1.29 is 18.1 Å². The fourth-order valence-corrected chi connectivity index (χ4v) is 5.12. The van der Waals surface area contributed by atoms with Crippen LogP contribution in [0.4, 0.5) is 11.4 Å². The molecule has 3 rings (SSSR count). The number of fused-ring (bicyclic) bond motifs is 1. The van der Waals surface area contributed by atoms with Crippen molar-refractivity contribution in [1.82, 2.24) is 4.31 Å². The highest BCUT2D eigenvalue weighted by Crippen LogP contribution is 2.32. The molecule has 1 aliphatic heterocycles. The molecule has 2 aromatic rings. The number of amides is 1. The van der Waals surface area contributed by atoms with Crippen LogP contribution in [-0.2, 0) is 16.4 Å². The zero-order chi connectivity index (χ0) is 21.3. The van der Waals surface area contributed by atoms with Gasteiger partial charge in [0.2, 0.25) is 10.0 Å². The minimum Gasteiger partial charge on any atom is -0.308 e. The van der Waals surface area contributed by atoms with E-state index in [1.54, 1.807) is 37.8 Å². The SMILES string of the molecule is CCN(CC)S(=O)(=O)c1ccc2c(c1)CCN2C(=O)c1ccc([N+](=O)[O-])c(C)c1. The molecule has 0 fully saturated rings. The summed E-state index contributed by atoms with van der Waals surface area (Å²) >= 11 is 0. The maximum atomic E-state index is 13.0. The molecule has 2 aromatic carbocycles. The Morgan fingerprint density at radius 2 is 1.86 bits per heavy atom. The lowest BCUT2D eigenvalue weighted by Crippen LogP contribution is -2.30. The minimum absolute atomic E-state index is 0.0328. The highest BCUT2D eigenvalue weighted by Gasteiger charge is 2.29. The molecule has 1 amide bonds. The third kappa shape index (κ3) is 3.75. The second-order valence-electron chi connectivity index (χ2n) is 6.85. The summed E-state index contributed by atoms with van der Waals surface area (Å²) in [7, 11) is -3.57. The Hall–Kier alpha value is -2.78. The molecule has 0 aromatic heterocycles. The monoisotopic (exact) mass is 417 g/mol. The molecular weight excluding hydrogens is 394 g/mol. The fraction of sp³-hybridized carbons (Fsp3) is 0.350. The molecule has 1 aliphatic rings. The van der Waals surface area contributed by atoms with Gasteiger partial charge >= 0.3 is 0 Å². The van der Waals surface area contributed by atoms with Gasteiger partial charge in [0.15, 0.2) is 0 Å². The summed E-state index contributed by atoms with van der Waals surface area (Å²) in [6.07, 6.45) is 0.550. The summed E-state index contributed by atoms with van der Waals surface area (Å²) in [5.74, 6) is -0.263. The number of carbonyl (C=O) groups is 1. The lowest BCUT2D eigenvalue weighted by atomic mass is 10.1. The van der Waals surface area contributed by atoms with Crippen LogP contribution in [0.3, 0.4) is 0 Å². The summed E-state index contributed by atoms with van der Waals surface area (Å²) in [5, 5.41) is 11.0. The van der Waals surface area contributed by atoms with Gasteiger partial charge in [-0.1, -0.05) is 13.8 Å². The van der Waals surface area contributed by atoms with Crippen molar-refractivity contribution in [2.24, 2.45) is 0 Å². The van der Waals surface area contributed by atoms with Crippen molar-refractivity contribution in [2.75, 3.05) is 24.5 Å². The van der Waals surface area contributed by atoms with Gasteiger partial charge in [-0.25, -0.2) is 8.42 Å². The van der Waals surface area contributed by atoms with Crippen molar-refractivity contribution in [3.8, 4) is 0 Å². The van der Waals surface area contributed by atoms with Gasteiger partial charge in [-0.2, -0.15) is 4.31 Å². The first-order valence-corrected chi connectivity index (χ1v) is 10.8. The predicted octanol–water partition coefficient (Wildman–Crippen LogP) is 3.14. The van der Waals surface area contributed by atoms with E-state index in [2.05, 4.69) is 0 Å². The molecule has 0 spiro atoms. The second kappa shape index (κ2) is 7.92. The number of anilines is 1. The molecule has 0 radical (unpaired) electrons. The minimum atomic E-state index is -3.57. The van der Waals surface area contributed by atoms with Crippen LogP contribution in [0.2, 0.25) is 0 Å². The molecule has 8 nitrogen and oxygen atoms in total. The summed E-state index contributed by atoms with van der Waals surface area (Å²) in [5.41, 5.74) is 2.21. The number of benzene rings is 2. The van der Waals surface area contributed by atoms with Gasteiger partial charge < -0.3 is 4.90 Å². The van der Waals surface area contributed by atoms with Crippen molar-refractivity contribution in [3.63, 3.8) is 0 Å². The molecule has 29 heavy (non-hydrogen) atoms. The number of hydrogen-bond acceptors (Lipinski definition) is 5. The standard InChI is InChI=1S/C20H23N3O5S/c1-4-21(5-2)29(27,28)17-7-9-19-15(13-17)10-11-22(19)20(24)16-6-8-18(23(25)26)14(3)12-16/h6-9,12-13H,4-5,10-11H2,1-3H3. The molecule has 0 N–H and O–H groups in total. The average molecular weight is 417 g/mol. The number of carbonyl (C=O) groups excluding carboxylic acids is 1. The van der Waals surface area contributed by atoms with E-state index in [-0.39, 0.29) is 16.5 Å². The van der Waals surface area contributed by atoms with E-state index in [0.29, 0.717) is 42.9 Å². The van der Waals surface area contributed by atoms with Gasteiger partial charge in [0.25, 0.3) is 11.6 Å². The third-order valence-corrected chi connectivity index (χ3v) is 7.22. The zero-order valence-corrected chi connectivity index (χ0v) is 17.4. The normalized spacial score (nSPS) is 13.6. The molecule has 0 unspecified atom stereocenters. The number of sulfonamides is 1. The van der Waals surface area contributed by atoms with Crippen LogP contribution < -0.4 is 4.90 Å². The zero-order valence-electron chi connectivity index (χ0n) is 16.6. The Balaban J connectivity index is 1.91. The van der Waals surface area contributed by atoms with Gasteiger partial charge in [-0.05, 0) is 49.2 Å². The van der Waals surface area contributed by atoms with Gasteiger partial charge in [0, 0.05) is 42.5 Å². The predicted molar refractivity (Wildman–Crippen MR) is 110 cm³/mol. The van der Waals surface area contributed by atoms with E-state index < -0.39 is 14.9 Å². The number of aryl methyl sites for hydroxylation is 1. The number of rotatable bonds is 6. The van der Waals surface area contributed by atoms with Crippen LogP contribution in [0.25, 0.3) is 0 Å². The van der Waals surface area contributed by atoms with Crippen LogP contribution in [-0.4, -0.2) is 43.2 Å². The first-order valence-electron chi connectivity index (χ1n) is 9.40. The highest BCUT2D eigenvalue weighted by atomic mass is 32.2. The van der Waals surface area contributed by atoms with Gasteiger partial charge in [0.1, 0.15) is 0 Å². The maximum absolute atomic E-state index is 13.0. The molecule has 0 aliphatic carbocycles. The fourth-order valence-electron chi connectivity index (χ4n) is 3.61. The van der Waals surface area contributed by atoms with Crippen LogP contribution in [0.1, 0.15) is 35.3 Å². The lowest BCUT2D eigenvalue weighted by Gasteiger charge is -2.20. The Kier molecular flexibility index (Phi) is 5.72. The topological polar surface area (TPSA) is 101 Å². The Morgan fingerprint density at radius 3 is 2.45 bits per heavy atom. The third-order valence-electron chi connectivity index (χ3n) is 5.18. The van der Waals surface area contributed by atoms with Crippen molar-refractivity contribution in [2.45, 2.75) is 32.1 Å². The molecule has 0 bridgehead atoms. The average Bonchev–Trinajstić information content (AvgIpc) is 3.11. The summed E-state index contributed by atoms with van der Waals surface area (Å²) in [4.78, 5) is 25.3. The highest BCUT2D eigenvalue weighted by molar-refractivity contribution is 7.89. The van der Waals surface area contributed by atoms with Crippen LogP contribution >= 0.6 is 0 Å². The molecule has 9 heteroatoms. The summed E-state index contributed by atoms with van der Waals surface area (Å²) in [6.45, 7) is 6.39. The Bertz CT molecular complexity index is 1080. The maximum Gasteiger partial charge on any atom is 0.272 e. The number of nitrogens with zero attached hydrogens (tertiary/aromatic N) is 3. The molecule has 0 saturated heterocycles. The molecular formula is C20H23N3O5S. The molecule has 0 atom stereocenters. The van der Waals surface area contributed by atoms with Crippen LogP contribution in [0.15, 0.2) is 41.3 Å². The number of hydrogen-bond donors (Lipinski definition) is 0. The number of nitro benzene ring substituents is 1. The van der Waals surface area contributed by atoms with E-state index >= 15 is 0 Å². The number of nitro groups is 1. The molecule has 0 saturated carbocycles. The van der Waals surface area contributed by atoms with E-state index in [1.165, 1.54) is 28.6 Å². The van der Waals surface area contributed by atoms with E-state index in [4.69, 9.17) is 0 Å². The van der Waals surface area contributed by atoms with E-state index in [1.807, 2.05) is 0 Å². The molecule has 1 heterocycles. The first kappa shape index (κ1) is 20.9. The van der Waals surface area contributed by atoms with Gasteiger partial charge in [0.05, 0.1) is 9.82 Å². The largest absolute Gasteiger partial charge is 0.308 e. The second-order valence-corrected chi connectivity index (χ2v) is 8.78. The summed E-state index contributed by atoms with van der Waals surface area (Å²) in [6, 6.07) is 9.12. The summed E-state index contributed by atoms with van der Waals surface area (Å²) < 4.78 is 26.9. The van der Waals surface area contributed by atoms with Gasteiger partial charge in [-0.15, -0.1) is 0 Å². The van der Waals surface area contributed by atoms with E-state index in [0.717, 1.165) is 5.56 Å². The van der Waals surface area contributed by atoms with Crippen molar-refractivity contribution in [3.05, 3.63) is 63.2 Å². The van der Waals surface area contributed by atoms with Gasteiger partial charge in [-0.3, -0.25) is 14.9 Å². The smallest absolute Gasteiger partial charge is 0.272 e. The van der Waals surface area contributed by atoms with Crippen LogP contribution in [0, 0.1) is 17.0 Å². The Labute approximate surface area is 169 Å². The van der Waals surface area contributed by atoms with Crippen molar-refractivity contribution in [1.29, 1.82) is 0 Å². The van der Waals surface area contributed by atoms with Crippen molar-refractivity contribution >= 4 is 27.3 Å². The Morgan fingerprint density at radius 1 is 1.17 bits per heavy atom. The lowest BCUT2D eigenvalue weighted by molar-refractivity contribution is -0.385. The van der Waals surface area contributed by atoms with Crippen LogP contribution in [0.5, 0.6) is 0 Å². The van der Waals surface area contributed by atoms with E-state index in [9.17, 15) is 23.3 Å².